The Morgan fingerprint density at radius 1 is 1.14 bits per heavy atom. The number of pyridine rings is 1. The van der Waals surface area contributed by atoms with Gasteiger partial charge in [0.05, 0.1) is 23.1 Å². The Morgan fingerprint density at radius 2 is 1.86 bits per heavy atom. The molecule has 10 heteroatoms. The third-order valence-corrected chi connectivity index (χ3v) is 3.94. The van der Waals surface area contributed by atoms with Crippen LogP contribution in [0.1, 0.15) is 21.6 Å². The van der Waals surface area contributed by atoms with Crippen LogP contribution in [-0.4, -0.2) is 33.2 Å². The number of anilines is 1. The van der Waals surface area contributed by atoms with Crippen molar-refractivity contribution in [3.8, 4) is 5.82 Å². The number of nitrogens with zero attached hydrogens (tertiary/aromatic N) is 3. The topological polar surface area (TPSA) is 86.1 Å². The molecule has 150 valence electrons. The van der Waals surface area contributed by atoms with E-state index in [4.69, 9.17) is 4.74 Å². The molecule has 0 spiro atoms. The minimum absolute atomic E-state index is 0.110. The Bertz CT molecular complexity index is 1030. The average Bonchev–Trinajstić information content (AvgIpc) is 3.08. The van der Waals surface area contributed by atoms with Crippen LogP contribution in [-0.2, 0) is 15.7 Å². The van der Waals surface area contributed by atoms with Gasteiger partial charge in [-0.3, -0.25) is 4.79 Å². The fourth-order valence-electron chi connectivity index (χ4n) is 2.55. The number of benzene rings is 1. The first-order chi connectivity index (χ1) is 13.8. The van der Waals surface area contributed by atoms with Crippen molar-refractivity contribution in [2.45, 2.75) is 13.1 Å². The van der Waals surface area contributed by atoms with Crippen LogP contribution in [0, 0.1) is 6.92 Å². The fraction of sp³-hybridized carbons (Fsp3) is 0.158. The Hall–Kier alpha value is -3.69. The van der Waals surface area contributed by atoms with Gasteiger partial charge in [0.15, 0.2) is 12.4 Å². The lowest BCUT2D eigenvalue weighted by Gasteiger charge is -2.13. The molecule has 2 aromatic heterocycles. The molecule has 0 saturated carbocycles. The van der Waals surface area contributed by atoms with Gasteiger partial charge in [0, 0.05) is 6.20 Å². The van der Waals surface area contributed by atoms with Crippen LogP contribution in [0.15, 0.2) is 54.9 Å². The van der Waals surface area contributed by atoms with E-state index in [-0.39, 0.29) is 5.56 Å². The third-order valence-electron chi connectivity index (χ3n) is 3.94. The normalized spacial score (nSPS) is 11.2. The number of esters is 1. The van der Waals surface area contributed by atoms with Gasteiger partial charge < -0.3 is 10.1 Å². The second-order valence-electron chi connectivity index (χ2n) is 5.91. The lowest BCUT2D eigenvalue weighted by molar-refractivity contribution is -0.137. The number of ether oxygens (including phenoxy) is 1. The van der Waals surface area contributed by atoms with Crippen LogP contribution in [0.5, 0.6) is 0 Å². The van der Waals surface area contributed by atoms with Crippen LogP contribution in [0.2, 0.25) is 0 Å². The van der Waals surface area contributed by atoms with Crippen LogP contribution in [0.4, 0.5) is 18.9 Å². The van der Waals surface area contributed by atoms with E-state index in [2.05, 4.69) is 15.4 Å². The molecule has 7 nitrogen and oxygen atoms in total. The highest BCUT2D eigenvalue weighted by Gasteiger charge is 2.33. The highest BCUT2D eigenvalue weighted by atomic mass is 19.4. The molecule has 0 aliphatic heterocycles. The molecule has 0 radical (unpaired) electrons. The van der Waals surface area contributed by atoms with Gasteiger partial charge in [-0.2, -0.15) is 18.3 Å². The lowest BCUT2D eigenvalue weighted by atomic mass is 10.1. The van der Waals surface area contributed by atoms with Gasteiger partial charge in [-0.05, 0) is 31.2 Å². The summed E-state index contributed by atoms with van der Waals surface area (Å²) < 4.78 is 45.2. The summed E-state index contributed by atoms with van der Waals surface area (Å²) in [5, 5.41) is 6.17. The van der Waals surface area contributed by atoms with E-state index < -0.39 is 35.9 Å². The molecular weight excluding hydrogens is 389 g/mol. The van der Waals surface area contributed by atoms with E-state index in [9.17, 15) is 22.8 Å². The molecule has 1 aromatic carbocycles. The Morgan fingerprint density at radius 3 is 2.55 bits per heavy atom. The maximum Gasteiger partial charge on any atom is 0.418 e. The summed E-state index contributed by atoms with van der Waals surface area (Å²) in [4.78, 5) is 28.3. The van der Waals surface area contributed by atoms with Crippen molar-refractivity contribution in [1.82, 2.24) is 14.8 Å². The average molecular weight is 404 g/mol. The molecule has 0 bridgehead atoms. The van der Waals surface area contributed by atoms with Gasteiger partial charge >= 0.3 is 12.1 Å². The summed E-state index contributed by atoms with van der Waals surface area (Å²) >= 11 is 0. The summed E-state index contributed by atoms with van der Waals surface area (Å²) in [5.41, 5.74) is -0.858. The molecule has 3 rings (SSSR count). The molecule has 0 aliphatic rings. The van der Waals surface area contributed by atoms with Gasteiger partial charge in [0.25, 0.3) is 5.91 Å². The first kappa shape index (κ1) is 20.1. The first-order valence-electron chi connectivity index (χ1n) is 8.36. The highest BCUT2D eigenvalue weighted by molar-refractivity contribution is 5.96. The van der Waals surface area contributed by atoms with Gasteiger partial charge in [-0.15, -0.1) is 0 Å². The van der Waals surface area contributed by atoms with Crippen LogP contribution in [0.3, 0.4) is 0 Å². The number of nitrogens with one attached hydrogen (secondary N) is 1. The zero-order chi connectivity index (χ0) is 21.0. The maximum atomic E-state index is 13.0. The minimum atomic E-state index is -4.63. The minimum Gasteiger partial charge on any atom is -0.452 e. The smallest absolute Gasteiger partial charge is 0.418 e. The standard InChI is InChI=1S/C19H15F3N4O3/c1-12-13(10-24-26(12)16-8-4-5-9-23-16)18(28)29-11-17(27)25-15-7-3-2-6-14(15)19(20,21)22/h2-10H,11H2,1H3,(H,25,27). The number of rotatable bonds is 5. The largest absolute Gasteiger partial charge is 0.452 e. The lowest BCUT2D eigenvalue weighted by Crippen LogP contribution is -2.23. The van der Waals surface area contributed by atoms with Gasteiger partial charge in [0.1, 0.15) is 5.56 Å². The number of hydrogen-bond donors (Lipinski definition) is 1. The van der Waals surface area contributed by atoms with E-state index in [1.54, 1.807) is 31.3 Å². The first-order valence-corrected chi connectivity index (χ1v) is 8.36. The molecule has 0 unspecified atom stereocenters. The molecular formula is C19H15F3N4O3. The molecule has 3 aromatic rings. The van der Waals surface area contributed by atoms with Gasteiger partial charge in [-0.1, -0.05) is 18.2 Å². The van der Waals surface area contributed by atoms with E-state index in [1.165, 1.54) is 23.0 Å². The quantitative estimate of drug-likeness (QED) is 0.659. The van der Waals surface area contributed by atoms with E-state index in [0.717, 1.165) is 12.1 Å². The van der Waals surface area contributed by atoms with Crippen molar-refractivity contribution in [1.29, 1.82) is 0 Å². The SMILES string of the molecule is Cc1c(C(=O)OCC(=O)Nc2ccccc2C(F)(F)F)cnn1-c1ccccn1. The number of para-hydroxylation sites is 1. The molecule has 0 saturated heterocycles. The predicted molar refractivity (Wildman–Crippen MR) is 96.5 cm³/mol. The predicted octanol–water partition coefficient (Wildman–Crippen LogP) is 3.39. The second kappa shape index (κ2) is 8.13. The highest BCUT2D eigenvalue weighted by Crippen LogP contribution is 2.34. The Kier molecular flexibility index (Phi) is 5.62. The van der Waals surface area contributed by atoms with Gasteiger partial charge in [-0.25, -0.2) is 14.5 Å². The number of amides is 1. The number of alkyl halides is 3. The molecule has 0 aliphatic carbocycles. The molecule has 2 heterocycles. The van der Waals surface area contributed by atoms with Crippen LogP contribution < -0.4 is 5.32 Å². The number of halogens is 3. The van der Waals surface area contributed by atoms with Crippen LogP contribution >= 0.6 is 0 Å². The van der Waals surface area contributed by atoms with Crippen molar-refractivity contribution >= 4 is 17.6 Å². The number of aromatic nitrogens is 3. The molecule has 1 N–H and O–H groups in total. The van der Waals surface area contributed by atoms with Crippen molar-refractivity contribution in [3.63, 3.8) is 0 Å². The zero-order valence-corrected chi connectivity index (χ0v) is 15.1. The Balaban J connectivity index is 1.65. The molecule has 29 heavy (non-hydrogen) atoms. The van der Waals surface area contributed by atoms with Crippen molar-refractivity contribution < 1.29 is 27.5 Å². The Labute approximate surface area is 163 Å². The molecule has 1 amide bonds. The fourth-order valence-corrected chi connectivity index (χ4v) is 2.55. The molecule has 0 fully saturated rings. The third kappa shape index (κ3) is 4.60. The summed E-state index contributed by atoms with van der Waals surface area (Å²) in [6, 6.07) is 9.70. The zero-order valence-electron chi connectivity index (χ0n) is 15.1. The number of hydrogen-bond acceptors (Lipinski definition) is 5. The summed E-state index contributed by atoms with van der Waals surface area (Å²) in [5.74, 6) is -1.24. The van der Waals surface area contributed by atoms with Crippen LogP contribution in [0.25, 0.3) is 5.82 Å². The van der Waals surface area contributed by atoms with Crippen molar-refractivity contribution in [2.24, 2.45) is 0 Å². The molecule has 0 atom stereocenters. The van der Waals surface area contributed by atoms with E-state index >= 15 is 0 Å². The summed E-state index contributed by atoms with van der Waals surface area (Å²) in [6.07, 6.45) is -1.79. The number of carbonyl (C=O) groups excluding carboxylic acids is 2. The summed E-state index contributed by atoms with van der Waals surface area (Å²) in [6.45, 7) is 0.872. The van der Waals surface area contributed by atoms with Crippen molar-refractivity contribution in [2.75, 3.05) is 11.9 Å². The number of carbonyl (C=O) groups is 2. The van der Waals surface area contributed by atoms with Gasteiger partial charge in [0.2, 0.25) is 0 Å². The second-order valence-corrected chi connectivity index (χ2v) is 5.91. The van der Waals surface area contributed by atoms with Crippen molar-refractivity contribution in [3.05, 3.63) is 71.7 Å². The monoisotopic (exact) mass is 404 g/mol. The summed E-state index contributed by atoms with van der Waals surface area (Å²) in [7, 11) is 0. The van der Waals surface area contributed by atoms with E-state index in [1.807, 2.05) is 0 Å². The maximum absolute atomic E-state index is 13.0. The van der Waals surface area contributed by atoms with E-state index in [0.29, 0.717) is 11.5 Å².